The van der Waals surface area contributed by atoms with Crippen molar-refractivity contribution >= 4 is 23.3 Å². The highest BCUT2D eigenvalue weighted by Crippen LogP contribution is 2.31. The Hall–Kier alpha value is -2.08. The molecular weight excluding hydrogens is 222 g/mol. The van der Waals surface area contributed by atoms with E-state index in [1.54, 1.807) is 12.1 Å². The molecule has 1 heterocycles. The number of aromatic carboxylic acids is 1. The molecule has 1 fully saturated rings. The van der Waals surface area contributed by atoms with Crippen LogP contribution in [0.3, 0.4) is 0 Å². The molecule has 1 saturated heterocycles. The number of para-hydroxylation sites is 1. The zero-order chi connectivity index (χ0) is 12.6. The fraction of sp³-hybridized carbons (Fsp3) is 0.273. The fourth-order valence-electron chi connectivity index (χ4n) is 1.99. The van der Waals surface area contributed by atoms with Crippen LogP contribution in [0.15, 0.2) is 18.2 Å². The first-order chi connectivity index (χ1) is 8.00. The Labute approximate surface area is 97.8 Å². The molecule has 0 saturated carbocycles. The molecule has 6 heteroatoms. The molecule has 0 spiro atoms. The van der Waals surface area contributed by atoms with Crippen LogP contribution in [0.25, 0.3) is 0 Å². The number of carboxylic acid groups (broad SMARTS) is 1. The maximum atomic E-state index is 11.7. The second-order valence-electron chi connectivity index (χ2n) is 4.02. The number of nitrogens with zero attached hydrogens (tertiary/aromatic N) is 1. The van der Waals surface area contributed by atoms with Gasteiger partial charge in [-0.25, -0.2) is 4.79 Å². The summed E-state index contributed by atoms with van der Waals surface area (Å²) in [5.41, 5.74) is 12.0. The van der Waals surface area contributed by atoms with Crippen LogP contribution in [-0.4, -0.2) is 29.6 Å². The number of carbonyl (C=O) groups excluding carboxylic acids is 1. The van der Waals surface area contributed by atoms with Gasteiger partial charge in [0.1, 0.15) is 0 Å². The molecule has 17 heavy (non-hydrogen) atoms. The van der Waals surface area contributed by atoms with Crippen LogP contribution in [0.4, 0.5) is 11.4 Å². The van der Waals surface area contributed by atoms with Gasteiger partial charge in [0.05, 0.1) is 16.9 Å². The van der Waals surface area contributed by atoms with E-state index in [1.165, 1.54) is 11.0 Å². The third kappa shape index (κ3) is 1.94. The van der Waals surface area contributed by atoms with Crippen LogP contribution >= 0.6 is 0 Å². The average Bonchev–Trinajstić information content (AvgIpc) is 2.57. The van der Waals surface area contributed by atoms with Crippen LogP contribution in [-0.2, 0) is 4.79 Å². The van der Waals surface area contributed by atoms with Gasteiger partial charge in [-0.05, 0) is 12.1 Å². The molecule has 1 unspecified atom stereocenters. The summed E-state index contributed by atoms with van der Waals surface area (Å²) < 4.78 is 0. The Bertz CT molecular complexity index is 487. The minimum absolute atomic E-state index is 0.0208. The number of hydrogen-bond acceptors (Lipinski definition) is 4. The summed E-state index contributed by atoms with van der Waals surface area (Å²) in [5.74, 6) is -1.31. The predicted octanol–water partition coefficient (Wildman–Crippen LogP) is 0.0310. The lowest BCUT2D eigenvalue weighted by atomic mass is 10.1. The fourth-order valence-corrected chi connectivity index (χ4v) is 1.99. The minimum atomic E-state index is -1.11. The number of anilines is 2. The first-order valence-electron chi connectivity index (χ1n) is 5.18. The molecule has 1 aromatic carbocycles. The van der Waals surface area contributed by atoms with Gasteiger partial charge < -0.3 is 21.5 Å². The second-order valence-corrected chi connectivity index (χ2v) is 4.02. The lowest BCUT2D eigenvalue weighted by molar-refractivity contribution is -0.117. The summed E-state index contributed by atoms with van der Waals surface area (Å²) in [6, 6.07) is 4.26. The number of carbonyl (C=O) groups is 2. The molecule has 6 nitrogen and oxygen atoms in total. The number of hydrogen-bond donors (Lipinski definition) is 3. The van der Waals surface area contributed by atoms with Crippen LogP contribution < -0.4 is 16.4 Å². The summed E-state index contributed by atoms with van der Waals surface area (Å²) in [4.78, 5) is 24.2. The third-order valence-electron chi connectivity index (χ3n) is 2.72. The standard InChI is InChI=1S/C11H13N3O3/c12-6-4-9(15)14(5-6)10-7(11(16)17)2-1-3-8(10)13/h1-3,6H,4-5,12-13H2,(H,16,17). The van der Waals surface area contributed by atoms with Crippen molar-refractivity contribution in [2.45, 2.75) is 12.5 Å². The monoisotopic (exact) mass is 235 g/mol. The number of amides is 1. The molecule has 2 rings (SSSR count). The molecule has 0 bridgehead atoms. The molecule has 0 aliphatic carbocycles. The average molecular weight is 235 g/mol. The normalized spacial score (nSPS) is 19.7. The number of benzene rings is 1. The van der Waals surface area contributed by atoms with E-state index in [4.69, 9.17) is 16.6 Å². The molecule has 1 amide bonds. The Kier molecular flexibility index (Phi) is 2.72. The summed E-state index contributed by atoms with van der Waals surface area (Å²) >= 11 is 0. The van der Waals surface area contributed by atoms with Crippen molar-refractivity contribution in [1.29, 1.82) is 0 Å². The summed E-state index contributed by atoms with van der Waals surface area (Å²) in [6.45, 7) is 0.299. The van der Waals surface area contributed by atoms with Crippen molar-refractivity contribution in [1.82, 2.24) is 0 Å². The Balaban J connectivity index is 2.51. The van der Waals surface area contributed by atoms with Gasteiger partial charge in [0, 0.05) is 19.0 Å². The smallest absolute Gasteiger partial charge is 0.337 e. The van der Waals surface area contributed by atoms with Crippen molar-refractivity contribution in [2.24, 2.45) is 5.73 Å². The zero-order valence-electron chi connectivity index (χ0n) is 9.09. The predicted molar refractivity (Wildman–Crippen MR) is 62.8 cm³/mol. The lowest BCUT2D eigenvalue weighted by Gasteiger charge is -2.20. The van der Waals surface area contributed by atoms with Crippen molar-refractivity contribution in [3.8, 4) is 0 Å². The minimum Gasteiger partial charge on any atom is -0.478 e. The molecule has 0 aromatic heterocycles. The highest BCUT2D eigenvalue weighted by atomic mass is 16.4. The number of nitrogens with two attached hydrogens (primary N) is 2. The quantitative estimate of drug-likeness (QED) is 0.626. The summed E-state index contributed by atoms with van der Waals surface area (Å²) in [7, 11) is 0. The van der Waals surface area contributed by atoms with E-state index in [0.717, 1.165) is 0 Å². The number of carboxylic acids is 1. The molecule has 1 aromatic rings. The van der Waals surface area contributed by atoms with Crippen LogP contribution in [0.2, 0.25) is 0 Å². The van der Waals surface area contributed by atoms with Crippen LogP contribution in [0.1, 0.15) is 16.8 Å². The van der Waals surface area contributed by atoms with Gasteiger partial charge >= 0.3 is 5.97 Å². The molecule has 5 N–H and O–H groups in total. The van der Waals surface area contributed by atoms with E-state index in [2.05, 4.69) is 0 Å². The van der Waals surface area contributed by atoms with E-state index >= 15 is 0 Å². The maximum absolute atomic E-state index is 11.7. The van der Waals surface area contributed by atoms with Crippen molar-refractivity contribution in [3.63, 3.8) is 0 Å². The topological polar surface area (TPSA) is 110 Å². The Morgan fingerprint density at radius 1 is 1.47 bits per heavy atom. The first kappa shape index (κ1) is 11.4. The third-order valence-corrected chi connectivity index (χ3v) is 2.72. The molecule has 0 radical (unpaired) electrons. The zero-order valence-corrected chi connectivity index (χ0v) is 9.09. The molecule has 1 atom stereocenters. The van der Waals surface area contributed by atoms with Crippen molar-refractivity contribution < 1.29 is 14.7 Å². The SMILES string of the molecule is Nc1cccc(C(=O)O)c1N1CC(N)CC1=O. The second kappa shape index (κ2) is 4.06. The lowest BCUT2D eigenvalue weighted by Crippen LogP contribution is -2.30. The first-order valence-corrected chi connectivity index (χ1v) is 5.18. The Morgan fingerprint density at radius 3 is 2.71 bits per heavy atom. The molecular formula is C11H13N3O3. The van der Waals surface area contributed by atoms with Gasteiger partial charge in [-0.15, -0.1) is 0 Å². The highest BCUT2D eigenvalue weighted by molar-refractivity contribution is 6.06. The molecule has 1 aliphatic heterocycles. The highest BCUT2D eigenvalue weighted by Gasteiger charge is 2.31. The van der Waals surface area contributed by atoms with Crippen molar-refractivity contribution in [2.75, 3.05) is 17.2 Å². The molecule has 1 aliphatic rings. The van der Waals surface area contributed by atoms with Gasteiger partial charge in [-0.1, -0.05) is 6.07 Å². The van der Waals surface area contributed by atoms with E-state index in [1.807, 2.05) is 0 Å². The molecule has 90 valence electrons. The van der Waals surface area contributed by atoms with E-state index < -0.39 is 5.97 Å². The van der Waals surface area contributed by atoms with Gasteiger partial charge in [-0.2, -0.15) is 0 Å². The van der Waals surface area contributed by atoms with Gasteiger partial charge in [0.25, 0.3) is 0 Å². The van der Waals surface area contributed by atoms with Crippen LogP contribution in [0, 0.1) is 0 Å². The number of rotatable bonds is 2. The number of nitrogen functional groups attached to an aromatic ring is 1. The van der Waals surface area contributed by atoms with E-state index in [-0.39, 0.29) is 35.3 Å². The largest absolute Gasteiger partial charge is 0.478 e. The summed E-state index contributed by atoms with van der Waals surface area (Å²) in [6.07, 6.45) is 0.216. The van der Waals surface area contributed by atoms with Gasteiger partial charge in [0.15, 0.2) is 0 Å². The van der Waals surface area contributed by atoms with Crippen LogP contribution in [0.5, 0.6) is 0 Å². The van der Waals surface area contributed by atoms with Gasteiger partial charge in [0.2, 0.25) is 5.91 Å². The van der Waals surface area contributed by atoms with E-state index in [0.29, 0.717) is 6.54 Å². The maximum Gasteiger partial charge on any atom is 0.337 e. The van der Waals surface area contributed by atoms with E-state index in [9.17, 15) is 9.59 Å². The van der Waals surface area contributed by atoms with Gasteiger partial charge in [-0.3, -0.25) is 4.79 Å². The summed E-state index contributed by atoms with van der Waals surface area (Å²) in [5, 5.41) is 9.08. The Morgan fingerprint density at radius 2 is 2.18 bits per heavy atom. The van der Waals surface area contributed by atoms with Crippen molar-refractivity contribution in [3.05, 3.63) is 23.8 Å².